The van der Waals surface area contributed by atoms with Crippen LogP contribution in [-0.4, -0.2) is 27.8 Å². The van der Waals surface area contributed by atoms with Crippen molar-refractivity contribution in [3.63, 3.8) is 0 Å². The Kier molecular flexibility index (Phi) is 1.37. The molecular weight excluding hydrogens is 138 g/mol. The number of rotatable bonds is 1. The van der Waals surface area contributed by atoms with Crippen molar-refractivity contribution in [1.82, 2.24) is 5.32 Å². The molecule has 0 heterocycles. The summed E-state index contributed by atoms with van der Waals surface area (Å²) in [5, 5.41) is 18.6. The molecule has 5 nitrogen and oxygen atoms in total. The lowest BCUT2D eigenvalue weighted by Gasteiger charge is -2.03. The number of carbonyl (C=O) groups is 2. The van der Waals surface area contributed by atoms with Gasteiger partial charge in [-0.2, -0.15) is 0 Å². The molecule has 10 heavy (non-hydrogen) atoms. The second-order valence-electron chi connectivity index (χ2n) is 2.29. The molecule has 0 aromatic heterocycles. The van der Waals surface area contributed by atoms with Gasteiger partial charge in [-0.15, -0.1) is 0 Å². The Morgan fingerprint density at radius 2 is 1.90 bits per heavy atom. The molecule has 1 rings (SSSR count). The minimum Gasteiger partial charge on any atom is -0.465 e. The zero-order valence-electron chi connectivity index (χ0n) is 5.13. The fourth-order valence-corrected chi connectivity index (χ4v) is 0.559. The second kappa shape index (κ2) is 1.95. The fourth-order valence-electron chi connectivity index (χ4n) is 0.559. The van der Waals surface area contributed by atoms with Crippen LogP contribution in [0.15, 0.2) is 0 Å². The lowest BCUT2D eigenvalue weighted by Crippen LogP contribution is -2.39. The van der Waals surface area contributed by atoms with Crippen molar-refractivity contribution in [1.29, 1.82) is 0 Å². The Balaban J connectivity index is 2.43. The fraction of sp³-hybridized carbons (Fsp3) is 0.600. The van der Waals surface area contributed by atoms with E-state index < -0.39 is 17.6 Å². The van der Waals surface area contributed by atoms with Crippen LogP contribution in [-0.2, 0) is 4.79 Å². The van der Waals surface area contributed by atoms with Crippen LogP contribution in [0.3, 0.4) is 0 Å². The zero-order chi connectivity index (χ0) is 7.78. The van der Waals surface area contributed by atoms with Gasteiger partial charge in [-0.1, -0.05) is 0 Å². The Hall–Kier alpha value is -1.10. The van der Waals surface area contributed by atoms with Crippen molar-refractivity contribution in [2.75, 3.05) is 0 Å². The first-order chi connectivity index (χ1) is 4.54. The van der Waals surface area contributed by atoms with Crippen LogP contribution in [0.5, 0.6) is 0 Å². The number of imide groups is 1. The number of aliphatic hydroxyl groups is 1. The van der Waals surface area contributed by atoms with Crippen LogP contribution in [0, 0.1) is 0 Å². The Bertz CT molecular complexity index is 184. The molecule has 0 spiro atoms. The predicted molar refractivity (Wildman–Crippen MR) is 30.4 cm³/mol. The summed E-state index contributed by atoms with van der Waals surface area (Å²) in [7, 11) is 0. The summed E-state index contributed by atoms with van der Waals surface area (Å²) in [6.45, 7) is 0. The van der Waals surface area contributed by atoms with Crippen molar-refractivity contribution in [3.8, 4) is 0 Å². The van der Waals surface area contributed by atoms with Gasteiger partial charge in [-0.3, -0.25) is 10.1 Å². The van der Waals surface area contributed by atoms with Crippen LogP contribution in [0.1, 0.15) is 12.8 Å². The number of nitrogens with one attached hydrogen (secondary N) is 1. The van der Waals surface area contributed by atoms with E-state index in [-0.39, 0.29) is 0 Å². The molecule has 2 amide bonds. The minimum atomic E-state index is -1.43. The molecule has 0 aliphatic heterocycles. The van der Waals surface area contributed by atoms with Gasteiger partial charge in [0.2, 0.25) is 0 Å². The van der Waals surface area contributed by atoms with E-state index >= 15 is 0 Å². The minimum absolute atomic E-state index is 0.353. The quantitative estimate of drug-likeness (QED) is 0.455. The first kappa shape index (κ1) is 7.01. The molecular formula is C5H7NO4. The lowest BCUT2D eigenvalue weighted by atomic mass is 10.3. The molecule has 0 bridgehead atoms. The highest BCUT2D eigenvalue weighted by molar-refractivity contribution is 5.97. The second-order valence-corrected chi connectivity index (χ2v) is 2.29. The van der Waals surface area contributed by atoms with Crippen molar-refractivity contribution in [3.05, 3.63) is 0 Å². The van der Waals surface area contributed by atoms with E-state index in [0.29, 0.717) is 12.8 Å². The first-order valence-electron chi connectivity index (χ1n) is 2.81. The largest absolute Gasteiger partial charge is 0.465 e. The smallest absolute Gasteiger partial charge is 0.411 e. The molecule has 1 aliphatic rings. The average molecular weight is 145 g/mol. The van der Waals surface area contributed by atoms with Gasteiger partial charge in [0.25, 0.3) is 5.91 Å². The maximum atomic E-state index is 10.6. The summed E-state index contributed by atoms with van der Waals surface area (Å²) in [6, 6.07) is 0. The molecule has 0 unspecified atom stereocenters. The topological polar surface area (TPSA) is 86.6 Å². The summed E-state index contributed by atoms with van der Waals surface area (Å²) in [4.78, 5) is 20.4. The van der Waals surface area contributed by atoms with Gasteiger partial charge >= 0.3 is 6.09 Å². The standard InChI is InChI=1S/C5H7NO4/c7-3(6-4(8)9)5(10)1-2-5/h10H,1-2H2,(H,6,7)(H,8,9). The van der Waals surface area contributed by atoms with Gasteiger partial charge in [-0.05, 0) is 12.8 Å². The highest BCUT2D eigenvalue weighted by atomic mass is 16.4. The van der Waals surface area contributed by atoms with Crippen LogP contribution < -0.4 is 5.32 Å². The van der Waals surface area contributed by atoms with E-state index in [1.807, 2.05) is 0 Å². The summed E-state index contributed by atoms with van der Waals surface area (Å²) in [6.07, 6.45) is -0.719. The first-order valence-corrected chi connectivity index (χ1v) is 2.81. The summed E-state index contributed by atoms with van der Waals surface area (Å²) in [5.74, 6) is -0.819. The molecule has 0 aromatic rings. The van der Waals surface area contributed by atoms with Crippen LogP contribution in [0.2, 0.25) is 0 Å². The van der Waals surface area contributed by atoms with E-state index in [9.17, 15) is 9.59 Å². The molecule has 0 aromatic carbocycles. The van der Waals surface area contributed by atoms with Crippen LogP contribution >= 0.6 is 0 Å². The monoisotopic (exact) mass is 145 g/mol. The van der Waals surface area contributed by atoms with Gasteiger partial charge in [0.1, 0.15) is 5.60 Å². The molecule has 1 fully saturated rings. The lowest BCUT2D eigenvalue weighted by molar-refractivity contribution is -0.130. The Morgan fingerprint density at radius 3 is 2.20 bits per heavy atom. The number of carbonyl (C=O) groups excluding carboxylic acids is 1. The maximum absolute atomic E-state index is 10.6. The zero-order valence-corrected chi connectivity index (χ0v) is 5.13. The number of amides is 2. The summed E-state index contributed by atoms with van der Waals surface area (Å²) < 4.78 is 0. The Morgan fingerprint density at radius 1 is 1.40 bits per heavy atom. The number of hydrogen-bond acceptors (Lipinski definition) is 3. The van der Waals surface area contributed by atoms with Gasteiger partial charge in [0.15, 0.2) is 0 Å². The summed E-state index contributed by atoms with van der Waals surface area (Å²) in [5.41, 5.74) is -1.39. The highest BCUT2D eigenvalue weighted by Crippen LogP contribution is 2.34. The van der Waals surface area contributed by atoms with E-state index in [1.165, 1.54) is 0 Å². The molecule has 0 radical (unpaired) electrons. The van der Waals surface area contributed by atoms with Gasteiger partial charge in [0, 0.05) is 0 Å². The summed E-state index contributed by atoms with van der Waals surface area (Å²) >= 11 is 0. The van der Waals surface area contributed by atoms with Crippen molar-refractivity contribution in [2.24, 2.45) is 0 Å². The third-order valence-corrected chi connectivity index (χ3v) is 1.37. The van der Waals surface area contributed by atoms with E-state index in [0.717, 1.165) is 0 Å². The third-order valence-electron chi connectivity index (χ3n) is 1.37. The average Bonchev–Trinajstić information content (AvgIpc) is 2.47. The van der Waals surface area contributed by atoms with E-state index in [4.69, 9.17) is 10.2 Å². The van der Waals surface area contributed by atoms with Gasteiger partial charge in [0.05, 0.1) is 0 Å². The molecule has 0 atom stereocenters. The van der Waals surface area contributed by atoms with Crippen molar-refractivity contribution < 1.29 is 19.8 Å². The maximum Gasteiger partial charge on any atom is 0.411 e. The number of hydrogen-bond donors (Lipinski definition) is 3. The van der Waals surface area contributed by atoms with Crippen LogP contribution in [0.4, 0.5) is 4.79 Å². The van der Waals surface area contributed by atoms with Crippen molar-refractivity contribution in [2.45, 2.75) is 18.4 Å². The van der Waals surface area contributed by atoms with Crippen molar-refractivity contribution >= 4 is 12.0 Å². The molecule has 5 heteroatoms. The molecule has 1 saturated carbocycles. The highest BCUT2D eigenvalue weighted by Gasteiger charge is 2.48. The van der Waals surface area contributed by atoms with Crippen LogP contribution in [0.25, 0.3) is 0 Å². The number of carboxylic acid groups (broad SMARTS) is 1. The normalized spacial score (nSPS) is 19.7. The van der Waals surface area contributed by atoms with Gasteiger partial charge in [-0.25, -0.2) is 4.79 Å². The van der Waals surface area contributed by atoms with E-state index in [1.54, 1.807) is 5.32 Å². The molecule has 56 valence electrons. The third kappa shape index (κ3) is 1.24. The predicted octanol–water partition coefficient (Wildman–Crippen LogP) is -0.695. The van der Waals surface area contributed by atoms with Gasteiger partial charge < -0.3 is 10.2 Å². The molecule has 1 aliphatic carbocycles. The van der Waals surface area contributed by atoms with E-state index in [2.05, 4.69) is 0 Å². The molecule has 3 N–H and O–H groups in total. The molecule has 0 saturated heterocycles. The SMILES string of the molecule is O=C(O)NC(=O)C1(O)CC1. The Labute approximate surface area is 56.7 Å².